The van der Waals surface area contributed by atoms with Gasteiger partial charge in [0.05, 0.1) is 12.4 Å². The molecular weight excluding hydrogens is 176 g/mol. The van der Waals surface area contributed by atoms with Gasteiger partial charge in [0.1, 0.15) is 5.75 Å². The zero-order valence-corrected chi connectivity index (χ0v) is 8.23. The summed E-state index contributed by atoms with van der Waals surface area (Å²) in [6.45, 7) is 4.10. The van der Waals surface area contributed by atoms with Crippen molar-refractivity contribution < 1.29 is 5.11 Å². The predicted molar refractivity (Wildman–Crippen MR) is 55.3 cm³/mol. The number of fused-ring (bicyclic) bond motifs is 1. The summed E-state index contributed by atoms with van der Waals surface area (Å²) in [7, 11) is 0. The Kier molecular flexibility index (Phi) is 2.08. The molecule has 0 saturated heterocycles. The van der Waals surface area contributed by atoms with Crippen LogP contribution in [0.2, 0.25) is 0 Å². The molecule has 2 rings (SSSR count). The Morgan fingerprint density at radius 3 is 2.21 bits per heavy atom. The van der Waals surface area contributed by atoms with Crippen molar-refractivity contribution in [3.05, 3.63) is 30.1 Å². The topological polar surface area (TPSA) is 46.0 Å². The molecule has 0 atom stereocenters. The van der Waals surface area contributed by atoms with Crippen LogP contribution in [0.1, 0.15) is 25.3 Å². The lowest BCUT2D eigenvalue weighted by atomic mass is 9.99. The summed E-state index contributed by atoms with van der Waals surface area (Å²) in [5.41, 5.74) is 0.950. The fourth-order valence-electron chi connectivity index (χ4n) is 1.52. The number of aromatic hydroxyl groups is 1. The van der Waals surface area contributed by atoms with E-state index in [2.05, 4.69) is 24.0 Å². The molecule has 14 heavy (non-hydrogen) atoms. The molecule has 0 amide bonds. The Balaban J connectivity index is 2.71. The van der Waals surface area contributed by atoms with Gasteiger partial charge in [-0.15, -0.1) is 0 Å². The maximum Gasteiger partial charge on any atom is 0.119 e. The van der Waals surface area contributed by atoms with Gasteiger partial charge < -0.3 is 5.11 Å². The van der Waals surface area contributed by atoms with Gasteiger partial charge in [0, 0.05) is 10.8 Å². The Morgan fingerprint density at radius 2 is 1.64 bits per heavy atom. The molecule has 0 radical (unpaired) electrons. The van der Waals surface area contributed by atoms with E-state index in [0.717, 1.165) is 16.3 Å². The maximum atomic E-state index is 9.73. The van der Waals surface area contributed by atoms with Gasteiger partial charge in [0.25, 0.3) is 0 Å². The van der Waals surface area contributed by atoms with Crippen molar-refractivity contribution in [2.24, 2.45) is 0 Å². The van der Waals surface area contributed by atoms with Crippen molar-refractivity contribution in [1.82, 2.24) is 10.2 Å². The second-order valence-electron chi connectivity index (χ2n) is 3.68. The maximum absolute atomic E-state index is 9.73. The molecule has 0 saturated carbocycles. The lowest BCUT2D eigenvalue weighted by Gasteiger charge is -2.09. The van der Waals surface area contributed by atoms with Crippen LogP contribution < -0.4 is 0 Å². The van der Waals surface area contributed by atoms with Crippen LogP contribution in [0.5, 0.6) is 5.75 Å². The molecule has 72 valence electrons. The first kappa shape index (κ1) is 8.94. The van der Waals surface area contributed by atoms with E-state index in [0.29, 0.717) is 11.7 Å². The van der Waals surface area contributed by atoms with E-state index in [1.165, 1.54) is 0 Å². The Bertz CT molecular complexity index is 466. The summed E-state index contributed by atoms with van der Waals surface area (Å²) in [6.07, 6.45) is 3.36. The minimum atomic E-state index is 0.313. The van der Waals surface area contributed by atoms with E-state index in [1.54, 1.807) is 18.5 Å². The highest BCUT2D eigenvalue weighted by Crippen LogP contribution is 2.29. The van der Waals surface area contributed by atoms with Gasteiger partial charge in [-0.1, -0.05) is 13.8 Å². The normalized spacial score (nSPS) is 11.1. The van der Waals surface area contributed by atoms with Crippen LogP contribution in [-0.4, -0.2) is 15.3 Å². The van der Waals surface area contributed by atoms with E-state index < -0.39 is 0 Å². The molecule has 2 aromatic rings. The predicted octanol–water partition coefficient (Wildman–Crippen LogP) is 2.46. The first-order valence-electron chi connectivity index (χ1n) is 4.62. The molecule has 0 aliphatic heterocycles. The monoisotopic (exact) mass is 188 g/mol. The highest BCUT2D eigenvalue weighted by Gasteiger charge is 2.07. The summed E-state index contributed by atoms with van der Waals surface area (Å²) in [4.78, 5) is 0. The molecule has 0 aliphatic carbocycles. The van der Waals surface area contributed by atoms with Crippen molar-refractivity contribution >= 4 is 10.8 Å². The first-order valence-corrected chi connectivity index (χ1v) is 4.62. The van der Waals surface area contributed by atoms with E-state index in [1.807, 2.05) is 6.07 Å². The number of phenolic OH excluding ortho intramolecular Hbond substituents is 1. The third-order valence-corrected chi connectivity index (χ3v) is 2.31. The fourth-order valence-corrected chi connectivity index (χ4v) is 1.52. The molecule has 3 nitrogen and oxygen atoms in total. The molecule has 0 unspecified atom stereocenters. The van der Waals surface area contributed by atoms with Gasteiger partial charge in [0.15, 0.2) is 0 Å². The number of hydrogen-bond acceptors (Lipinski definition) is 3. The summed E-state index contributed by atoms with van der Waals surface area (Å²) < 4.78 is 0. The van der Waals surface area contributed by atoms with Gasteiger partial charge in [0.2, 0.25) is 0 Å². The molecule has 1 aromatic carbocycles. The minimum Gasteiger partial charge on any atom is -0.508 e. The van der Waals surface area contributed by atoms with Crippen molar-refractivity contribution in [2.75, 3.05) is 0 Å². The lowest BCUT2D eigenvalue weighted by Crippen LogP contribution is -1.89. The van der Waals surface area contributed by atoms with Gasteiger partial charge >= 0.3 is 0 Å². The van der Waals surface area contributed by atoms with Crippen LogP contribution >= 0.6 is 0 Å². The highest BCUT2D eigenvalue weighted by molar-refractivity contribution is 5.83. The molecule has 0 spiro atoms. The van der Waals surface area contributed by atoms with Gasteiger partial charge in [-0.2, -0.15) is 10.2 Å². The Morgan fingerprint density at radius 1 is 1.07 bits per heavy atom. The highest BCUT2D eigenvalue weighted by atomic mass is 16.3. The van der Waals surface area contributed by atoms with E-state index in [9.17, 15) is 5.11 Å². The second kappa shape index (κ2) is 3.25. The number of phenols is 1. The molecule has 1 heterocycles. The third kappa shape index (κ3) is 1.41. The van der Waals surface area contributed by atoms with Crippen molar-refractivity contribution in [2.45, 2.75) is 19.8 Å². The van der Waals surface area contributed by atoms with E-state index in [-0.39, 0.29) is 0 Å². The smallest absolute Gasteiger partial charge is 0.119 e. The van der Waals surface area contributed by atoms with Gasteiger partial charge in [-0.05, 0) is 23.6 Å². The third-order valence-electron chi connectivity index (χ3n) is 2.31. The molecule has 0 fully saturated rings. The Hall–Kier alpha value is -1.64. The van der Waals surface area contributed by atoms with Crippen LogP contribution in [-0.2, 0) is 0 Å². The molecule has 1 N–H and O–H groups in total. The zero-order valence-electron chi connectivity index (χ0n) is 8.23. The Labute approximate surface area is 82.4 Å². The standard InChI is InChI=1S/C11H12N2O/c1-7(2)10-3-8-5-12-13-6-9(8)4-11(10)14/h3-7,14H,1-2H3. The molecule has 3 heteroatoms. The number of nitrogens with zero attached hydrogens (tertiary/aromatic N) is 2. The summed E-state index contributed by atoms with van der Waals surface area (Å²) >= 11 is 0. The number of hydrogen-bond donors (Lipinski definition) is 1. The van der Waals surface area contributed by atoms with Gasteiger partial charge in [-0.3, -0.25) is 0 Å². The fraction of sp³-hybridized carbons (Fsp3) is 0.273. The average molecular weight is 188 g/mol. The van der Waals surface area contributed by atoms with E-state index >= 15 is 0 Å². The zero-order chi connectivity index (χ0) is 10.1. The van der Waals surface area contributed by atoms with Crippen LogP contribution in [0, 0.1) is 0 Å². The van der Waals surface area contributed by atoms with Crippen LogP contribution in [0.4, 0.5) is 0 Å². The summed E-state index contributed by atoms with van der Waals surface area (Å²) in [5.74, 6) is 0.646. The van der Waals surface area contributed by atoms with Crippen LogP contribution in [0.25, 0.3) is 10.8 Å². The van der Waals surface area contributed by atoms with Crippen molar-refractivity contribution in [3.63, 3.8) is 0 Å². The van der Waals surface area contributed by atoms with Crippen LogP contribution in [0.3, 0.4) is 0 Å². The average Bonchev–Trinajstić information content (AvgIpc) is 2.16. The number of rotatable bonds is 1. The number of aromatic nitrogens is 2. The number of benzene rings is 1. The molecular formula is C11H12N2O. The minimum absolute atomic E-state index is 0.313. The quantitative estimate of drug-likeness (QED) is 0.747. The van der Waals surface area contributed by atoms with E-state index in [4.69, 9.17) is 0 Å². The van der Waals surface area contributed by atoms with Crippen LogP contribution in [0.15, 0.2) is 24.5 Å². The van der Waals surface area contributed by atoms with Crippen molar-refractivity contribution in [3.8, 4) is 5.75 Å². The van der Waals surface area contributed by atoms with Gasteiger partial charge in [-0.25, -0.2) is 0 Å². The summed E-state index contributed by atoms with van der Waals surface area (Å²) in [5, 5.41) is 19.2. The molecule has 0 aliphatic rings. The molecule has 1 aromatic heterocycles. The first-order chi connectivity index (χ1) is 6.68. The lowest BCUT2D eigenvalue weighted by molar-refractivity contribution is 0.466. The largest absolute Gasteiger partial charge is 0.508 e. The molecule has 0 bridgehead atoms. The summed E-state index contributed by atoms with van der Waals surface area (Å²) in [6, 6.07) is 3.70. The second-order valence-corrected chi connectivity index (χ2v) is 3.68. The van der Waals surface area contributed by atoms with Crippen molar-refractivity contribution in [1.29, 1.82) is 0 Å². The SMILES string of the molecule is CC(C)c1cc2cnncc2cc1O.